The zero-order valence-corrected chi connectivity index (χ0v) is 11.8. The third-order valence-electron chi connectivity index (χ3n) is 4.66. The standard InChI is InChI=1S/C18H14O4/c19-10-21-15-7-3-1-5-11(15)13-9-14-17(13)12-6-2-4-8-16(12)22-18(14)20/h1-8,10,13-14,17H,9H2. The molecule has 3 unspecified atom stereocenters. The molecule has 0 bridgehead atoms. The normalized spacial score (nSPS) is 25.3. The van der Waals surface area contributed by atoms with Crippen LogP contribution in [-0.2, 0) is 9.59 Å². The molecule has 2 aromatic carbocycles. The topological polar surface area (TPSA) is 52.6 Å². The smallest absolute Gasteiger partial charge is 0.315 e. The SMILES string of the molecule is O=COc1ccccc1C1CC2C(=O)Oc3ccccc3C21. The molecule has 0 saturated heterocycles. The van der Waals surface area contributed by atoms with E-state index >= 15 is 0 Å². The van der Waals surface area contributed by atoms with Gasteiger partial charge in [-0.3, -0.25) is 9.59 Å². The number of fused-ring (bicyclic) bond motifs is 3. The number of carbonyl (C=O) groups is 2. The summed E-state index contributed by atoms with van der Waals surface area (Å²) in [5.74, 6) is 1.20. The van der Waals surface area contributed by atoms with Crippen molar-refractivity contribution in [2.45, 2.75) is 18.3 Å². The van der Waals surface area contributed by atoms with Crippen LogP contribution in [0.25, 0.3) is 0 Å². The first kappa shape index (κ1) is 13.1. The van der Waals surface area contributed by atoms with Crippen LogP contribution in [0.4, 0.5) is 0 Å². The van der Waals surface area contributed by atoms with Gasteiger partial charge in [0, 0.05) is 5.92 Å². The first-order valence-electron chi connectivity index (χ1n) is 7.29. The second-order valence-corrected chi connectivity index (χ2v) is 5.69. The first-order chi connectivity index (χ1) is 10.8. The van der Waals surface area contributed by atoms with Crippen LogP contribution in [0.15, 0.2) is 48.5 Å². The molecule has 2 aromatic rings. The third-order valence-corrected chi connectivity index (χ3v) is 4.66. The molecule has 1 aliphatic heterocycles. The molecule has 0 aromatic heterocycles. The monoisotopic (exact) mass is 294 g/mol. The van der Waals surface area contributed by atoms with E-state index < -0.39 is 0 Å². The lowest BCUT2D eigenvalue weighted by Crippen LogP contribution is -2.43. The molecular weight excluding hydrogens is 280 g/mol. The highest BCUT2D eigenvalue weighted by molar-refractivity contribution is 5.81. The van der Waals surface area contributed by atoms with Gasteiger partial charge in [0.05, 0.1) is 5.92 Å². The van der Waals surface area contributed by atoms with Crippen molar-refractivity contribution >= 4 is 12.4 Å². The predicted molar refractivity (Wildman–Crippen MR) is 78.8 cm³/mol. The molecule has 1 fully saturated rings. The van der Waals surface area contributed by atoms with Crippen molar-refractivity contribution in [1.82, 2.24) is 0 Å². The molecule has 4 heteroatoms. The first-order valence-corrected chi connectivity index (χ1v) is 7.29. The van der Waals surface area contributed by atoms with Gasteiger partial charge in [-0.1, -0.05) is 36.4 Å². The van der Waals surface area contributed by atoms with Crippen LogP contribution in [0.1, 0.15) is 29.4 Å². The molecule has 22 heavy (non-hydrogen) atoms. The highest BCUT2D eigenvalue weighted by Crippen LogP contribution is 2.59. The summed E-state index contributed by atoms with van der Waals surface area (Å²) in [5, 5.41) is 0. The second-order valence-electron chi connectivity index (χ2n) is 5.69. The minimum atomic E-state index is -0.159. The maximum atomic E-state index is 12.1. The van der Waals surface area contributed by atoms with Gasteiger partial charge in [0.15, 0.2) is 0 Å². The van der Waals surface area contributed by atoms with E-state index in [4.69, 9.17) is 9.47 Å². The van der Waals surface area contributed by atoms with Gasteiger partial charge in [0.25, 0.3) is 6.47 Å². The summed E-state index contributed by atoms with van der Waals surface area (Å²) >= 11 is 0. The predicted octanol–water partition coefficient (Wildman–Crippen LogP) is 3.03. The molecule has 4 rings (SSSR count). The van der Waals surface area contributed by atoms with Crippen LogP contribution < -0.4 is 9.47 Å². The minimum absolute atomic E-state index is 0.0915. The average Bonchev–Trinajstić information content (AvgIpc) is 2.49. The van der Waals surface area contributed by atoms with E-state index in [0.717, 1.165) is 17.5 Å². The Kier molecular flexibility index (Phi) is 2.96. The van der Waals surface area contributed by atoms with Crippen molar-refractivity contribution in [2.75, 3.05) is 0 Å². The molecule has 0 amide bonds. The molecule has 4 nitrogen and oxygen atoms in total. The van der Waals surface area contributed by atoms with Crippen molar-refractivity contribution in [3.05, 3.63) is 59.7 Å². The van der Waals surface area contributed by atoms with Gasteiger partial charge in [-0.25, -0.2) is 0 Å². The lowest BCUT2D eigenvalue weighted by Gasteiger charge is -2.47. The number of rotatable bonds is 3. The van der Waals surface area contributed by atoms with E-state index in [-0.39, 0.29) is 23.7 Å². The van der Waals surface area contributed by atoms with E-state index in [0.29, 0.717) is 18.0 Å². The molecule has 2 aliphatic rings. The van der Waals surface area contributed by atoms with Gasteiger partial charge in [-0.15, -0.1) is 0 Å². The number of ether oxygens (including phenoxy) is 2. The van der Waals surface area contributed by atoms with Gasteiger partial charge in [-0.05, 0) is 35.6 Å². The largest absolute Gasteiger partial charge is 0.428 e. The van der Waals surface area contributed by atoms with Crippen molar-refractivity contribution in [3.63, 3.8) is 0 Å². The lowest BCUT2D eigenvalue weighted by molar-refractivity contribution is -0.145. The second kappa shape index (κ2) is 4.98. The zero-order valence-electron chi connectivity index (χ0n) is 11.8. The summed E-state index contributed by atoms with van der Waals surface area (Å²) in [5.41, 5.74) is 2.03. The number of hydrogen-bond acceptors (Lipinski definition) is 4. The Morgan fingerprint density at radius 1 is 1.00 bits per heavy atom. The highest BCUT2D eigenvalue weighted by Gasteiger charge is 2.51. The molecule has 1 aliphatic carbocycles. The summed E-state index contributed by atoms with van der Waals surface area (Å²) in [6.45, 7) is 0.443. The highest BCUT2D eigenvalue weighted by atomic mass is 16.5. The van der Waals surface area contributed by atoms with Crippen LogP contribution in [-0.4, -0.2) is 12.4 Å². The van der Waals surface area contributed by atoms with Gasteiger partial charge in [0.1, 0.15) is 11.5 Å². The van der Waals surface area contributed by atoms with Gasteiger partial charge >= 0.3 is 5.97 Å². The summed E-state index contributed by atoms with van der Waals surface area (Å²) < 4.78 is 10.5. The van der Waals surface area contributed by atoms with Crippen LogP contribution in [0.3, 0.4) is 0 Å². The molecule has 0 radical (unpaired) electrons. The fourth-order valence-corrected chi connectivity index (χ4v) is 3.63. The summed E-state index contributed by atoms with van der Waals surface area (Å²) in [6.07, 6.45) is 0.719. The van der Waals surface area contributed by atoms with E-state index in [2.05, 4.69) is 0 Å². The molecule has 1 saturated carbocycles. The number of esters is 1. The quantitative estimate of drug-likeness (QED) is 0.496. The van der Waals surface area contributed by atoms with Crippen molar-refractivity contribution in [2.24, 2.45) is 5.92 Å². The lowest BCUT2D eigenvalue weighted by atomic mass is 9.58. The molecule has 110 valence electrons. The Hall–Kier alpha value is -2.62. The Balaban J connectivity index is 1.76. The van der Waals surface area contributed by atoms with E-state index in [1.165, 1.54) is 0 Å². The number of benzene rings is 2. The van der Waals surface area contributed by atoms with Gasteiger partial charge in [-0.2, -0.15) is 0 Å². The molecule has 0 spiro atoms. The summed E-state index contributed by atoms with van der Waals surface area (Å²) in [4.78, 5) is 22.8. The molecular formula is C18H14O4. The van der Waals surface area contributed by atoms with Gasteiger partial charge in [0.2, 0.25) is 0 Å². The van der Waals surface area contributed by atoms with Crippen LogP contribution in [0.2, 0.25) is 0 Å². The van der Waals surface area contributed by atoms with Crippen molar-refractivity contribution in [3.8, 4) is 11.5 Å². The third kappa shape index (κ3) is 1.84. The molecule has 0 N–H and O–H groups in total. The van der Waals surface area contributed by atoms with Crippen molar-refractivity contribution < 1.29 is 19.1 Å². The Labute approximate surface area is 127 Å². The van der Waals surface area contributed by atoms with E-state index in [1.54, 1.807) is 6.07 Å². The van der Waals surface area contributed by atoms with Crippen LogP contribution >= 0.6 is 0 Å². The fourth-order valence-electron chi connectivity index (χ4n) is 3.63. The zero-order chi connectivity index (χ0) is 15.1. The van der Waals surface area contributed by atoms with Crippen LogP contribution in [0, 0.1) is 5.92 Å². The Morgan fingerprint density at radius 2 is 1.73 bits per heavy atom. The Morgan fingerprint density at radius 3 is 2.55 bits per heavy atom. The summed E-state index contributed by atoms with van der Waals surface area (Å²) in [7, 11) is 0. The average molecular weight is 294 g/mol. The van der Waals surface area contributed by atoms with Crippen molar-refractivity contribution in [1.29, 1.82) is 0 Å². The van der Waals surface area contributed by atoms with E-state index in [1.807, 2.05) is 42.5 Å². The number of hydrogen-bond donors (Lipinski definition) is 0. The maximum absolute atomic E-state index is 12.1. The number of para-hydroxylation sites is 2. The van der Waals surface area contributed by atoms with Crippen LogP contribution in [0.5, 0.6) is 11.5 Å². The fraction of sp³-hybridized carbons (Fsp3) is 0.222. The summed E-state index contributed by atoms with van der Waals surface area (Å²) in [6, 6.07) is 15.2. The minimum Gasteiger partial charge on any atom is -0.428 e. The molecule has 1 heterocycles. The Bertz CT molecular complexity index is 752. The molecule has 3 atom stereocenters. The maximum Gasteiger partial charge on any atom is 0.315 e. The number of carbonyl (C=O) groups excluding carboxylic acids is 2. The van der Waals surface area contributed by atoms with E-state index in [9.17, 15) is 9.59 Å². The van der Waals surface area contributed by atoms with Gasteiger partial charge < -0.3 is 9.47 Å².